The fourth-order valence-electron chi connectivity index (χ4n) is 1.43. The monoisotopic (exact) mass is 464 g/mol. The minimum Gasteiger partial charge on any atom is -0.693 e. The predicted octanol–water partition coefficient (Wildman–Crippen LogP) is 2.91. The van der Waals surface area contributed by atoms with E-state index in [0.717, 1.165) is 15.9 Å². The average molecular weight is 464 g/mol. The summed E-state index contributed by atoms with van der Waals surface area (Å²) in [5.74, 6) is 0.850. The Morgan fingerprint density at radius 3 is 2.81 bits per heavy atom. The second-order valence-electron chi connectivity index (χ2n) is 3.16. The number of halogens is 1. The standard InChI is InChI=1S/C10H10BrNO2.Ir.H2N/c1-12-8-6-7(11)2-3-9(8)14-5-4-10(12)13;;/h2-3,6H,4-5H2,1H3;;1H2/q;;-1. The molecule has 0 bridgehead atoms. The van der Waals surface area contributed by atoms with Gasteiger partial charge in [0.15, 0.2) is 0 Å². The van der Waals surface area contributed by atoms with Crippen LogP contribution in [0.4, 0.5) is 5.69 Å². The van der Waals surface area contributed by atoms with E-state index in [0.29, 0.717) is 13.0 Å². The minimum absolute atomic E-state index is 0. The molecule has 2 N–H and O–H groups in total. The number of nitrogens with zero attached hydrogens (tertiary/aromatic N) is 1. The zero-order chi connectivity index (χ0) is 10.1. The van der Waals surface area contributed by atoms with E-state index < -0.39 is 0 Å². The Hall–Kier alpha value is -0.421. The molecule has 0 saturated carbocycles. The molecule has 1 aliphatic heterocycles. The van der Waals surface area contributed by atoms with E-state index in [-0.39, 0.29) is 32.2 Å². The maximum Gasteiger partial charge on any atom is 0.230 e. The van der Waals surface area contributed by atoms with E-state index in [2.05, 4.69) is 15.9 Å². The molecule has 2 rings (SSSR count). The molecule has 0 aliphatic carbocycles. The third-order valence-electron chi connectivity index (χ3n) is 2.23. The van der Waals surface area contributed by atoms with Gasteiger partial charge in [0.1, 0.15) is 5.75 Å². The number of nitrogens with two attached hydrogens (primary N) is 1. The molecule has 0 atom stereocenters. The van der Waals surface area contributed by atoms with Gasteiger partial charge in [-0.25, -0.2) is 0 Å². The first-order chi connectivity index (χ1) is 6.68. The largest absolute Gasteiger partial charge is 0.693 e. The van der Waals surface area contributed by atoms with Crippen LogP contribution in [0.25, 0.3) is 6.15 Å². The van der Waals surface area contributed by atoms with Crippen molar-refractivity contribution in [2.75, 3.05) is 18.6 Å². The summed E-state index contributed by atoms with van der Waals surface area (Å²) in [5.41, 5.74) is 0.821. The van der Waals surface area contributed by atoms with Gasteiger partial charge in [-0.3, -0.25) is 4.79 Å². The van der Waals surface area contributed by atoms with E-state index in [1.54, 1.807) is 11.9 Å². The molecule has 1 aromatic rings. The number of amides is 1. The van der Waals surface area contributed by atoms with Gasteiger partial charge in [-0.2, -0.15) is 0 Å². The molecule has 1 heterocycles. The molecule has 6 heteroatoms. The molecule has 0 spiro atoms. The fourth-order valence-corrected chi connectivity index (χ4v) is 1.77. The molecule has 4 nitrogen and oxygen atoms in total. The maximum absolute atomic E-state index is 11.5. The third kappa shape index (κ3) is 3.04. The maximum atomic E-state index is 11.5. The van der Waals surface area contributed by atoms with Crippen LogP contribution in [0, 0.1) is 0 Å². The zero-order valence-electron chi connectivity index (χ0n) is 8.70. The Bertz CT molecular complexity index is 387. The van der Waals surface area contributed by atoms with Crippen LogP contribution in [0.15, 0.2) is 22.7 Å². The normalized spacial score (nSPS) is 13.9. The molecule has 0 unspecified atom stereocenters. The van der Waals surface area contributed by atoms with Crippen LogP contribution in [0.5, 0.6) is 5.75 Å². The molecule has 0 aromatic heterocycles. The number of fused-ring (bicyclic) bond motifs is 1. The van der Waals surface area contributed by atoms with Crippen molar-refractivity contribution in [2.45, 2.75) is 6.42 Å². The first kappa shape index (κ1) is 15.6. The molecule has 1 aromatic carbocycles. The van der Waals surface area contributed by atoms with Gasteiger partial charge in [0.25, 0.3) is 0 Å². The molecule has 0 fully saturated rings. The SMILES string of the molecule is CN1C(=O)CCOc2ccc(Br)cc21.[Ir].[NH2-]. The Kier molecular flexibility index (Phi) is 6.18. The number of hydrogen-bond acceptors (Lipinski definition) is 2. The second kappa shape index (κ2) is 6.35. The van der Waals surface area contributed by atoms with Crippen LogP contribution in [-0.2, 0) is 24.9 Å². The van der Waals surface area contributed by atoms with Crippen LogP contribution in [-0.4, -0.2) is 19.6 Å². The van der Waals surface area contributed by atoms with E-state index in [4.69, 9.17) is 4.74 Å². The molecule has 91 valence electrons. The van der Waals surface area contributed by atoms with Crippen molar-refractivity contribution in [3.8, 4) is 5.75 Å². The topological polar surface area (TPSA) is 63.0 Å². The van der Waals surface area contributed by atoms with Crippen LogP contribution in [0.2, 0.25) is 0 Å². The number of anilines is 1. The van der Waals surface area contributed by atoms with Crippen molar-refractivity contribution in [1.82, 2.24) is 0 Å². The first-order valence-corrected chi connectivity index (χ1v) is 5.16. The molecule has 1 amide bonds. The summed E-state index contributed by atoms with van der Waals surface area (Å²) >= 11 is 3.37. The van der Waals surface area contributed by atoms with E-state index in [1.807, 2.05) is 18.2 Å². The number of carbonyl (C=O) groups excluding carboxylic acids is 1. The summed E-state index contributed by atoms with van der Waals surface area (Å²) in [6.07, 6.45) is 0.433. The summed E-state index contributed by atoms with van der Waals surface area (Å²) in [5, 5.41) is 0. The zero-order valence-corrected chi connectivity index (χ0v) is 12.7. The summed E-state index contributed by atoms with van der Waals surface area (Å²) in [6.45, 7) is 0.456. The van der Waals surface area contributed by atoms with Crippen molar-refractivity contribution < 1.29 is 29.6 Å². The predicted molar refractivity (Wildman–Crippen MR) is 62.9 cm³/mol. The second-order valence-corrected chi connectivity index (χ2v) is 4.08. The van der Waals surface area contributed by atoms with Crippen LogP contribution in [0.3, 0.4) is 0 Å². The summed E-state index contributed by atoms with van der Waals surface area (Å²) in [6, 6.07) is 5.66. The quantitative estimate of drug-likeness (QED) is 0.593. The Morgan fingerprint density at radius 2 is 2.12 bits per heavy atom. The van der Waals surface area contributed by atoms with Gasteiger partial charge in [0.2, 0.25) is 5.91 Å². The van der Waals surface area contributed by atoms with Gasteiger partial charge >= 0.3 is 0 Å². The Morgan fingerprint density at radius 1 is 1.44 bits per heavy atom. The van der Waals surface area contributed by atoms with E-state index >= 15 is 0 Å². The molecular formula is C10H12BrIrN2O2-. The van der Waals surface area contributed by atoms with Gasteiger partial charge in [-0.15, -0.1) is 0 Å². The smallest absolute Gasteiger partial charge is 0.230 e. The summed E-state index contributed by atoms with van der Waals surface area (Å²) in [7, 11) is 1.77. The van der Waals surface area contributed by atoms with Crippen LogP contribution >= 0.6 is 15.9 Å². The van der Waals surface area contributed by atoms with E-state index in [1.165, 1.54) is 0 Å². The molecule has 0 saturated heterocycles. The average Bonchev–Trinajstić information content (AvgIpc) is 2.30. The van der Waals surface area contributed by atoms with Gasteiger partial charge in [0, 0.05) is 31.6 Å². The van der Waals surface area contributed by atoms with Crippen LogP contribution < -0.4 is 9.64 Å². The summed E-state index contributed by atoms with van der Waals surface area (Å²) < 4.78 is 6.41. The number of hydrogen-bond donors (Lipinski definition) is 0. The Labute approximate surface area is 116 Å². The number of carbonyl (C=O) groups is 1. The first-order valence-electron chi connectivity index (χ1n) is 4.37. The van der Waals surface area contributed by atoms with Crippen LogP contribution in [0.1, 0.15) is 6.42 Å². The van der Waals surface area contributed by atoms with Gasteiger partial charge in [0.05, 0.1) is 18.7 Å². The van der Waals surface area contributed by atoms with E-state index in [9.17, 15) is 4.79 Å². The molecule has 1 radical (unpaired) electrons. The summed E-state index contributed by atoms with van der Waals surface area (Å²) in [4.78, 5) is 13.2. The van der Waals surface area contributed by atoms with Crippen molar-refractivity contribution in [3.05, 3.63) is 28.8 Å². The van der Waals surface area contributed by atoms with Crippen molar-refractivity contribution in [1.29, 1.82) is 0 Å². The van der Waals surface area contributed by atoms with Gasteiger partial charge in [-0.05, 0) is 18.2 Å². The van der Waals surface area contributed by atoms with Crippen molar-refractivity contribution in [3.63, 3.8) is 0 Å². The number of benzene rings is 1. The van der Waals surface area contributed by atoms with Crippen molar-refractivity contribution >= 4 is 27.5 Å². The minimum atomic E-state index is 0. The Balaban J connectivity index is 0.00000112. The third-order valence-corrected chi connectivity index (χ3v) is 2.72. The van der Waals surface area contributed by atoms with Gasteiger partial charge in [-0.1, -0.05) is 15.9 Å². The van der Waals surface area contributed by atoms with Crippen molar-refractivity contribution in [2.24, 2.45) is 0 Å². The van der Waals surface area contributed by atoms with Gasteiger partial charge < -0.3 is 15.8 Å². The number of rotatable bonds is 0. The fraction of sp³-hybridized carbons (Fsp3) is 0.300. The molecular weight excluding hydrogens is 452 g/mol. The molecule has 16 heavy (non-hydrogen) atoms. The number of ether oxygens (including phenoxy) is 1. The molecule has 1 aliphatic rings.